The van der Waals surface area contributed by atoms with Crippen LogP contribution in [0.2, 0.25) is 0 Å². The Morgan fingerprint density at radius 3 is 2.54 bits per heavy atom. The maximum Gasteiger partial charge on any atom is 0.435 e. The molecule has 0 bridgehead atoms. The van der Waals surface area contributed by atoms with Crippen LogP contribution in [-0.2, 0) is 20.8 Å². The number of carbonyl (C=O) groups is 1. The second kappa shape index (κ2) is 10.7. The molecular weight excluding hydrogens is 541 g/mol. The first-order chi connectivity index (χ1) is 18.4. The molecule has 0 radical (unpaired) electrons. The number of esters is 1. The van der Waals surface area contributed by atoms with Crippen LogP contribution in [0.5, 0.6) is 5.75 Å². The van der Waals surface area contributed by atoms with Crippen molar-refractivity contribution < 1.29 is 35.9 Å². The molecule has 0 atom stereocenters. The van der Waals surface area contributed by atoms with Crippen molar-refractivity contribution in [1.82, 2.24) is 24.7 Å². The minimum atomic E-state index is -4.70. The van der Waals surface area contributed by atoms with Crippen molar-refractivity contribution in [2.75, 3.05) is 25.3 Å². The van der Waals surface area contributed by atoms with E-state index < -0.39 is 27.7 Å². The van der Waals surface area contributed by atoms with Crippen molar-refractivity contribution in [3.05, 3.63) is 66.4 Å². The molecule has 39 heavy (non-hydrogen) atoms. The van der Waals surface area contributed by atoms with E-state index in [-0.39, 0.29) is 45.8 Å². The molecule has 0 aliphatic carbocycles. The molecule has 4 rings (SSSR count). The molecule has 4 aromatic rings. The first-order valence-corrected chi connectivity index (χ1v) is 13.1. The Bertz CT molecular complexity index is 1640. The topological polar surface area (TPSA) is 138 Å². The highest BCUT2D eigenvalue weighted by molar-refractivity contribution is 7.90. The third kappa shape index (κ3) is 6.31. The van der Waals surface area contributed by atoms with Crippen molar-refractivity contribution >= 4 is 27.4 Å². The number of alkyl halides is 3. The van der Waals surface area contributed by atoms with Gasteiger partial charge in [-0.1, -0.05) is 0 Å². The number of hydrogen-bond donors (Lipinski definition) is 1. The monoisotopic (exact) mass is 562 g/mol. The van der Waals surface area contributed by atoms with E-state index in [0.717, 1.165) is 23.2 Å². The molecule has 1 aromatic carbocycles. The minimum Gasteiger partial charge on any atom is -0.497 e. The van der Waals surface area contributed by atoms with E-state index in [1.54, 1.807) is 6.92 Å². The molecule has 11 nitrogen and oxygen atoms in total. The smallest absolute Gasteiger partial charge is 0.435 e. The summed E-state index contributed by atoms with van der Waals surface area (Å²) in [4.78, 5) is 24.8. The molecule has 1 N–H and O–H groups in total. The number of benzene rings is 1. The van der Waals surface area contributed by atoms with Crippen molar-refractivity contribution in [3.8, 4) is 22.7 Å². The molecule has 0 fully saturated rings. The van der Waals surface area contributed by atoms with Crippen LogP contribution in [0.4, 0.5) is 24.8 Å². The number of ether oxygens (including phenoxy) is 2. The maximum atomic E-state index is 13.3. The molecule has 0 aliphatic rings. The van der Waals surface area contributed by atoms with E-state index in [1.807, 2.05) is 0 Å². The summed E-state index contributed by atoms with van der Waals surface area (Å²) in [6.07, 6.45) is 1.39. The SMILES string of the molecule is CCOC(=O)c1cncc(-c2cnc(Nc3cc(OC)cc(S(C)(=O)=O)c3)nc2-n2ccc(C(F)(F)F)n2)c1. The molecule has 0 unspecified atom stereocenters. The Balaban J connectivity index is 1.83. The van der Waals surface area contributed by atoms with E-state index in [4.69, 9.17) is 9.47 Å². The Kier molecular flexibility index (Phi) is 7.53. The summed E-state index contributed by atoms with van der Waals surface area (Å²) in [5.41, 5.74) is -0.268. The van der Waals surface area contributed by atoms with Gasteiger partial charge >= 0.3 is 12.1 Å². The van der Waals surface area contributed by atoms with Gasteiger partial charge in [0.2, 0.25) is 5.95 Å². The summed E-state index contributed by atoms with van der Waals surface area (Å²) in [6, 6.07) is 6.38. The van der Waals surface area contributed by atoms with E-state index in [1.165, 1.54) is 50.0 Å². The van der Waals surface area contributed by atoms with Gasteiger partial charge in [-0.15, -0.1) is 0 Å². The van der Waals surface area contributed by atoms with Gasteiger partial charge in [-0.2, -0.15) is 23.3 Å². The fourth-order valence-corrected chi connectivity index (χ4v) is 4.09. The molecule has 3 heterocycles. The van der Waals surface area contributed by atoms with Crippen LogP contribution in [0.25, 0.3) is 16.9 Å². The predicted molar refractivity (Wildman–Crippen MR) is 133 cm³/mol. The van der Waals surface area contributed by atoms with Gasteiger partial charge in [0.05, 0.1) is 24.2 Å². The van der Waals surface area contributed by atoms with Gasteiger partial charge in [-0.3, -0.25) is 4.98 Å². The molecule has 0 spiro atoms. The number of halogens is 3. The number of sulfone groups is 1. The Morgan fingerprint density at radius 2 is 1.90 bits per heavy atom. The second-order valence-corrected chi connectivity index (χ2v) is 10.1. The van der Waals surface area contributed by atoms with Crippen LogP contribution in [0, 0.1) is 0 Å². The molecular formula is C24H21F3N6O5S. The average molecular weight is 563 g/mol. The van der Waals surface area contributed by atoms with Crippen LogP contribution in [-0.4, -0.2) is 59.1 Å². The number of rotatable bonds is 8. The van der Waals surface area contributed by atoms with Crippen LogP contribution in [0.1, 0.15) is 23.0 Å². The fourth-order valence-electron chi connectivity index (χ4n) is 3.42. The van der Waals surface area contributed by atoms with Crippen molar-refractivity contribution in [1.29, 1.82) is 0 Å². The number of aromatic nitrogens is 5. The van der Waals surface area contributed by atoms with Gasteiger partial charge in [-0.05, 0) is 31.2 Å². The molecule has 0 saturated heterocycles. The average Bonchev–Trinajstić information content (AvgIpc) is 3.39. The summed E-state index contributed by atoms with van der Waals surface area (Å²) in [7, 11) is -2.23. The fraction of sp³-hybridized carbons (Fsp3) is 0.208. The molecule has 3 aromatic heterocycles. The lowest BCUT2D eigenvalue weighted by atomic mass is 10.1. The summed E-state index contributed by atoms with van der Waals surface area (Å²) < 4.78 is 75.1. The van der Waals surface area contributed by atoms with Gasteiger partial charge in [0, 0.05) is 53.9 Å². The highest BCUT2D eigenvalue weighted by Crippen LogP contribution is 2.31. The number of hydrogen-bond acceptors (Lipinski definition) is 10. The van der Waals surface area contributed by atoms with E-state index in [0.29, 0.717) is 5.56 Å². The zero-order valence-electron chi connectivity index (χ0n) is 20.7. The van der Waals surface area contributed by atoms with Gasteiger partial charge < -0.3 is 14.8 Å². The van der Waals surface area contributed by atoms with Crippen molar-refractivity contribution in [2.45, 2.75) is 18.0 Å². The Labute approximate surface area is 220 Å². The molecule has 0 saturated carbocycles. The number of pyridine rings is 1. The van der Waals surface area contributed by atoms with E-state index >= 15 is 0 Å². The lowest BCUT2D eigenvalue weighted by Crippen LogP contribution is -2.10. The third-order valence-electron chi connectivity index (χ3n) is 5.23. The summed E-state index contributed by atoms with van der Waals surface area (Å²) in [5.74, 6) is -0.552. The third-order valence-corrected chi connectivity index (χ3v) is 6.32. The summed E-state index contributed by atoms with van der Waals surface area (Å²) in [5, 5.41) is 6.45. The first-order valence-electron chi connectivity index (χ1n) is 11.2. The van der Waals surface area contributed by atoms with Crippen molar-refractivity contribution in [2.24, 2.45) is 0 Å². The number of carbonyl (C=O) groups excluding carboxylic acids is 1. The Hall–Kier alpha value is -4.53. The maximum absolute atomic E-state index is 13.3. The largest absolute Gasteiger partial charge is 0.497 e. The molecule has 0 aliphatic heterocycles. The van der Waals surface area contributed by atoms with E-state index in [2.05, 4.69) is 25.4 Å². The Morgan fingerprint density at radius 1 is 1.13 bits per heavy atom. The lowest BCUT2D eigenvalue weighted by Gasteiger charge is -2.13. The molecule has 204 valence electrons. The van der Waals surface area contributed by atoms with E-state index in [9.17, 15) is 26.4 Å². The normalized spacial score (nSPS) is 11.7. The van der Waals surface area contributed by atoms with Crippen LogP contribution < -0.4 is 10.1 Å². The predicted octanol–water partition coefficient (Wildman–Crippen LogP) is 4.08. The summed E-state index contributed by atoms with van der Waals surface area (Å²) in [6.45, 7) is 1.78. The molecule has 15 heteroatoms. The van der Waals surface area contributed by atoms with Gasteiger partial charge in [0.25, 0.3) is 0 Å². The van der Waals surface area contributed by atoms with Gasteiger partial charge in [0.15, 0.2) is 21.3 Å². The number of anilines is 2. The van der Waals surface area contributed by atoms with Crippen LogP contribution >= 0.6 is 0 Å². The minimum absolute atomic E-state index is 0.0371. The quantitative estimate of drug-likeness (QED) is 0.313. The van der Waals surface area contributed by atoms with Crippen LogP contribution in [0.15, 0.2) is 60.0 Å². The first kappa shape index (κ1) is 27.5. The lowest BCUT2D eigenvalue weighted by molar-refractivity contribution is -0.141. The zero-order chi connectivity index (χ0) is 28.4. The highest BCUT2D eigenvalue weighted by Gasteiger charge is 2.34. The number of nitrogens with one attached hydrogen (secondary N) is 1. The van der Waals surface area contributed by atoms with Gasteiger partial charge in [0.1, 0.15) is 5.75 Å². The number of nitrogens with zero attached hydrogens (tertiary/aromatic N) is 5. The number of methoxy groups -OCH3 is 1. The molecule has 0 amide bonds. The van der Waals surface area contributed by atoms with Crippen molar-refractivity contribution in [3.63, 3.8) is 0 Å². The highest BCUT2D eigenvalue weighted by atomic mass is 32.2. The summed E-state index contributed by atoms with van der Waals surface area (Å²) >= 11 is 0. The standard InChI is InChI=1S/C24H21F3N6O5S/c1-4-38-22(34)15-7-14(11-28-12-15)19-13-29-23(31-21(19)33-6-5-20(32-33)24(25,26)27)30-16-8-17(37-2)10-18(9-16)39(3,35)36/h5-13H,4H2,1-3H3,(H,29,30,31). The second-order valence-electron chi connectivity index (χ2n) is 8.05. The van der Waals surface area contributed by atoms with Crippen LogP contribution in [0.3, 0.4) is 0 Å². The van der Waals surface area contributed by atoms with Gasteiger partial charge in [-0.25, -0.2) is 22.9 Å². The zero-order valence-corrected chi connectivity index (χ0v) is 21.5.